The monoisotopic (exact) mass is 435 g/mol. The largest absolute Gasteiger partial charge is 0.493 e. The van der Waals surface area contributed by atoms with Crippen LogP contribution in [-0.4, -0.2) is 50.2 Å². The lowest BCUT2D eigenvalue weighted by Crippen LogP contribution is -2.28. The molecular weight excluding hydrogens is 401 g/mol. The predicted octanol–water partition coefficient (Wildman–Crippen LogP) is 3.72. The maximum Gasteiger partial charge on any atom is 0.224 e. The Hall–Kier alpha value is -1.21. The van der Waals surface area contributed by atoms with E-state index in [0.717, 1.165) is 44.6 Å². The van der Waals surface area contributed by atoms with Gasteiger partial charge in [-0.1, -0.05) is 20.3 Å². The topological polar surface area (TPSA) is 76.8 Å². The van der Waals surface area contributed by atoms with Crippen LogP contribution in [0, 0.1) is 5.92 Å². The Morgan fingerprint density at radius 3 is 2.50 bits per heavy atom. The number of benzene rings is 1. The number of carbonyl (C=O) groups excluding carboxylic acids is 1. The van der Waals surface area contributed by atoms with Gasteiger partial charge in [0.05, 0.1) is 7.11 Å². The molecule has 1 fully saturated rings. The van der Waals surface area contributed by atoms with Gasteiger partial charge in [-0.2, -0.15) is 0 Å². The highest BCUT2D eigenvalue weighted by molar-refractivity contribution is 5.91. The van der Waals surface area contributed by atoms with E-state index in [9.17, 15) is 4.79 Å². The zero-order valence-corrected chi connectivity index (χ0v) is 18.7. The van der Waals surface area contributed by atoms with E-state index >= 15 is 0 Å². The van der Waals surface area contributed by atoms with Crippen LogP contribution in [0.4, 0.5) is 5.69 Å². The molecule has 0 aromatic heterocycles. The average molecular weight is 436 g/mol. The predicted molar refractivity (Wildman–Crippen MR) is 119 cm³/mol. The number of hydrogen-bond acceptors (Lipinski definition) is 5. The van der Waals surface area contributed by atoms with Gasteiger partial charge < -0.3 is 25.4 Å². The molecule has 8 heteroatoms. The smallest absolute Gasteiger partial charge is 0.224 e. The first-order valence-electron chi connectivity index (χ1n) is 9.66. The summed E-state index contributed by atoms with van der Waals surface area (Å²) < 4.78 is 11.3. The van der Waals surface area contributed by atoms with Crippen LogP contribution in [-0.2, 0) is 4.79 Å². The minimum Gasteiger partial charge on any atom is -0.493 e. The van der Waals surface area contributed by atoms with Crippen molar-refractivity contribution in [2.75, 3.05) is 38.7 Å². The van der Waals surface area contributed by atoms with E-state index in [-0.39, 0.29) is 42.7 Å². The van der Waals surface area contributed by atoms with Crippen LogP contribution in [0.25, 0.3) is 0 Å². The van der Waals surface area contributed by atoms with Crippen LogP contribution in [0.3, 0.4) is 0 Å². The normalized spacial score (nSPS) is 18.2. The number of likely N-dealkylation sites (N-methyl/N-ethyl adjacent to an activating group) is 1. The number of nitrogens with zero attached hydrogens (tertiary/aromatic N) is 1. The summed E-state index contributed by atoms with van der Waals surface area (Å²) in [5.41, 5.74) is 6.79. The molecule has 162 valence electrons. The fraction of sp³-hybridized carbons (Fsp3) is 0.650. The fourth-order valence-corrected chi connectivity index (χ4v) is 3.46. The van der Waals surface area contributed by atoms with Crippen molar-refractivity contribution in [1.82, 2.24) is 4.90 Å². The lowest BCUT2D eigenvalue weighted by molar-refractivity contribution is -0.117. The lowest BCUT2D eigenvalue weighted by Gasteiger charge is -2.19. The van der Waals surface area contributed by atoms with E-state index in [1.807, 2.05) is 18.2 Å². The number of carbonyl (C=O) groups is 1. The molecule has 0 spiro atoms. The Bertz CT molecular complexity index is 586. The van der Waals surface area contributed by atoms with Gasteiger partial charge in [0.25, 0.3) is 0 Å². The number of hydrogen-bond donors (Lipinski definition) is 2. The molecule has 1 amide bonds. The summed E-state index contributed by atoms with van der Waals surface area (Å²) in [4.78, 5) is 14.6. The third kappa shape index (κ3) is 8.03. The summed E-state index contributed by atoms with van der Waals surface area (Å²) in [6.45, 7) is 7.69. The Morgan fingerprint density at radius 2 is 1.93 bits per heavy atom. The van der Waals surface area contributed by atoms with Gasteiger partial charge in [0.2, 0.25) is 5.91 Å². The molecule has 0 heterocycles. The van der Waals surface area contributed by atoms with Gasteiger partial charge >= 0.3 is 0 Å². The first-order valence-corrected chi connectivity index (χ1v) is 9.66. The molecule has 1 aliphatic carbocycles. The van der Waals surface area contributed by atoms with Gasteiger partial charge in [-0.25, -0.2) is 0 Å². The maximum atomic E-state index is 12.3. The van der Waals surface area contributed by atoms with Crippen molar-refractivity contribution >= 4 is 36.4 Å². The minimum atomic E-state index is 0. The van der Waals surface area contributed by atoms with E-state index in [1.54, 1.807) is 7.11 Å². The Kier molecular flexibility index (Phi) is 13.3. The molecule has 1 aliphatic rings. The summed E-state index contributed by atoms with van der Waals surface area (Å²) in [6.07, 6.45) is 3.65. The molecule has 0 unspecified atom stereocenters. The summed E-state index contributed by atoms with van der Waals surface area (Å²) in [7, 11) is 1.62. The summed E-state index contributed by atoms with van der Waals surface area (Å²) in [5.74, 6) is 1.61. The van der Waals surface area contributed by atoms with E-state index in [1.165, 1.54) is 0 Å². The second kappa shape index (κ2) is 13.9. The first kappa shape index (κ1) is 26.8. The highest BCUT2D eigenvalue weighted by Gasteiger charge is 2.26. The minimum absolute atomic E-state index is 0. The SMILES string of the molecule is CCN(CC)CCOc1cc(NC(=O)C[C@@H]2CCC[C@H]2N)ccc1OC.Cl.Cl. The first-order chi connectivity index (χ1) is 12.6. The quantitative estimate of drug-likeness (QED) is 0.585. The third-order valence-corrected chi connectivity index (χ3v) is 5.17. The van der Waals surface area contributed by atoms with Crippen molar-refractivity contribution in [3.05, 3.63) is 18.2 Å². The molecule has 2 rings (SSSR count). The molecule has 0 radical (unpaired) electrons. The lowest BCUT2D eigenvalue weighted by atomic mass is 10.00. The zero-order valence-electron chi connectivity index (χ0n) is 17.1. The van der Waals surface area contributed by atoms with Crippen molar-refractivity contribution < 1.29 is 14.3 Å². The third-order valence-electron chi connectivity index (χ3n) is 5.17. The Labute approximate surface area is 181 Å². The van der Waals surface area contributed by atoms with Crippen LogP contribution in [0.2, 0.25) is 0 Å². The van der Waals surface area contributed by atoms with Crippen molar-refractivity contribution in [2.24, 2.45) is 11.7 Å². The van der Waals surface area contributed by atoms with Gasteiger partial charge in [0.15, 0.2) is 11.5 Å². The number of nitrogens with one attached hydrogen (secondary N) is 1. The molecular formula is C20H35Cl2N3O3. The molecule has 0 bridgehead atoms. The van der Waals surface area contributed by atoms with Gasteiger partial charge in [-0.3, -0.25) is 4.79 Å². The number of amides is 1. The van der Waals surface area contributed by atoms with Crippen LogP contribution >= 0.6 is 24.8 Å². The zero-order chi connectivity index (χ0) is 18.9. The van der Waals surface area contributed by atoms with Crippen LogP contribution in [0.5, 0.6) is 11.5 Å². The fourth-order valence-electron chi connectivity index (χ4n) is 3.46. The molecule has 0 aliphatic heterocycles. The van der Waals surface area contributed by atoms with Crippen LogP contribution in [0.1, 0.15) is 39.5 Å². The van der Waals surface area contributed by atoms with Crippen LogP contribution in [0.15, 0.2) is 18.2 Å². The van der Waals surface area contributed by atoms with E-state index in [0.29, 0.717) is 24.5 Å². The standard InChI is InChI=1S/C20H33N3O3.2ClH/c1-4-23(5-2)11-12-26-19-14-16(9-10-18(19)25-3)22-20(24)13-15-7-6-8-17(15)21;;/h9-10,14-15,17H,4-8,11-13,21H2,1-3H3,(H,22,24);2*1H/t15-,17+;;/m0../s1. The van der Waals surface area contributed by atoms with Gasteiger partial charge in [-0.05, 0) is 44.0 Å². The average Bonchev–Trinajstić information content (AvgIpc) is 3.03. The van der Waals surface area contributed by atoms with E-state index in [2.05, 4.69) is 24.1 Å². The molecule has 1 aromatic carbocycles. The molecule has 6 nitrogen and oxygen atoms in total. The molecule has 1 aromatic rings. The van der Waals surface area contributed by atoms with Crippen molar-refractivity contribution in [2.45, 2.75) is 45.6 Å². The van der Waals surface area contributed by atoms with Gasteiger partial charge in [0, 0.05) is 30.8 Å². The number of methoxy groups -OCH3 is 1. The number of ether oxygens (including phenoxy) is 2. The molecule has 28 heavy (non-hydrogen) atoms. The molecule has 0 saturated heterocycles. The van der Waals surface area contributed by atoms with Crippen molar-refractivity contribution in [3.8, 4) is 11.5 Å². The highest BCUT2D eigenvalue weighted by Crippen LogP contribution is 2.31. The highest BCUT2D eigenvalue weighted by atomic mass is 35.5. The Balaban J connectivity index is 0.00000364. The molecule has 2 atom stereocenters. The Morgan fingerprint density at radius 1 is 1.21 bits per heavy atom. The molecule has 1 saturated carbocycles. The summed E-state index contributed by atoms with van der Waals surface area (Å²) in [5, 5.41) is 2.96. The van der Waals surface area contributed by atoms with Crippen molar-refractivity contribution in [1.29, 1.82) is 0 Å². The number of nitrogens with two attached hydrogens (primary N) is 1. The molecule has 3 N–H and O–H groups in total. The van der Waals surface area contributed by atoms with Crippen molar-refractivity contribution in [3.63, 3.8) is 0 Å². The number of anilines is 1. The van der Waals surface area contributed by atoms with Crippen LogP contribution < -0.4 is 20.5 Å². The number of rotatable bonds is 10. The summed E-state index contributed by atoms with van der Waals surface area (Å²) in [6, 6.07) is 5.63. The maximum absolute atomic E-state index is 12.3. The van der Waals surface area contributed by atoms with Gasteiger partial charge in [0.1, 0.15) is 6.61 Å². The van der Waals surface area contributed by atoms with E-state index in [4.69, 9.17) is 15.2 Å². The van der Waals surface area contributed by atoms with E-state index < -0.39 is 0 Å². The number of halogens is 2. The second-order valence-electron chi connectivity index (χ2n) is 6.85. The second-order valence-corrected chi connectivity index (χ2v) is 6.85. The summed E-state index contributed by atoms with van der Waals surface area (Å²) >= 11 is 0. The van der Waals surface area contributed by atoms with Gasteiger partial charge in [-0.15, -0.1) is 24.8 Å².